The average Bonchev–Trinajstić information content (AvgIpc) is 1.58. The largest absolute Gasteiger partial charge is 0.500 e. The van der Waals surface area contributed by atoms with Crippen molar-refractivity contribution in [2.24, 2.45) is 5.41 Å². The van der Waals surface area contributed by atoms with Gasteiger partial charge in [0.15, 0.2) is 0 Å². The Hall–Kier alpha value is -12.8. The molecule has 0 aliphatic carbocycles. The van der Waals surface area contributed by atoms with Crippen LogP contribution in [0.2, 0.25) is 0 Å². The van der Waals surface area contributed by atoms with E-state index in [2.05, 4.69) is 44.2 Å². The Balaban J connectivity index is 0.000000150. The number of rotatable bonds is 9. The van der Waals surface area contributed by atoms with Gasteiger partial charge < -0.3 is 28.8 Å². The van der Waals surface area contributed by atoms with Crippen molar-refractivity contribution in [1.82, 2.24) is 19.9 Å². The Morgan fingerprint density at radius 2 is 0.742 bits per heavy atom. The van der Waals surface area contributed by atoms with Gasteiger partial charge >= 0.3 is 12.4 Å². The fourth-order valence-electron chi connectivity index (χ4n) is 15.1. The maximum Gasteiger partial charge on any atom is 0.416 e. The van der Waals surface area contributed by atoms with Crippen LogP contribution >= 0.6 is 0 Å². The zero-order valence-electron chi connectivity index (χ0n) is 88.9. The molecule has 0 unspecified atom stereocenters. The van der Waals surface area contributed by atoms with Crippen LogP contribution in [0.25, 0.3) is 177 Å². The summed E-state index contributed by atoms with van der Waals surface area (Å²) in [6.07, 6.45) is -6.03. The molecule has 20 aromatic rings. The topological polar surface area (TPSA) is 77.8 Å². The smallest absolute Gasteiger partial charge is 0.416 e. The summed E-state index contributed by atoms with van der Waals surface area (Å²) in [7, 11) is 0. The number of hydrogen-bond donors (Lipinski definition) is 0. The van der Waals surface area contributed by atoms with Crippen LogP contribution < -0.4 is 0 Å². The third-order valence-corrected chi connectivity index (χ3v) is 20.9. The predicted octanol–water partition coefficient (Wildman–Crippen LogP) is 31.1. The van der Waals surface area contributed by atoms with E-state index in [1.54, 1.807) is 48.7 Å². The second kappa shape index (κ2) is 35.6. The number of furan rings is 2. The molecule has 618 valence electrons. The minimum absolute atomic E-state index is 0. The number of hydrogen-bond acceptors (Lipinski definition) is 6. The molecule has 0 saturated carbocycles. The zero-order chi connectivity index (χ0) is 104. The van der Waals surface area contributed by atoms with E-state index in [0.29, 0.717) is 84.8 Å². The van der Waals surface area contributed by atoms with Crippen LogP contribution in [0.5, 0.6) is 0 Å². The van der Waals surface area contributed by atoms with Gasteiger partial charge in [0.05, 0.1) is 22.3 Å². The second-order valence-corrected chi connectivity index (χ2v) is 30.1. The number of fused-ring (bicyclic) bond motifs is 14. The Morgan fingerprint density at radius 1 is 0.331 bits per heavy atom. The molecule has 0 saturated heterocycles. The molecule has 6 nitrogen and oxygen atoms in total. The molecule has 0 amide bonds. The Labute approximate surface area is 775 Å². The summed E-state index contributed by atoms with van der Waals surface area (Å²) in [6, 6.07) is 90.4. The van der Waals surface area contributed by atoms with E-state index in [-0.39, 0.29) is 102 Å². The number of alkyl halides is 6. The molecule has 2 radical (unpaired) electrons. The predicted molar refractivity (Wildman–Crippen MR) is 487 cm³/mol. The molecule has 0 atom stereocenters. The number of aryl methyl sites for hydroxylation is 7. The number of pyridine rings is 4. The molecule has 0 aliphatic rings. The van der Waals surface area contributed by atoms with Gasteiger partial charge in [0.1, 0.15) is 11.2 Å². The summed E-state index contributed by atoms with van der Waals surface area (Å²) >= 11 is 0. The Bertz CT molecular complexity index is 8040. The van der Waals surface area contributed by atoms with Gasteiger partial charge in [0, 0.05) is 118 Å². The zero-order valence-corrected chi connectivity index (χ0v) is 70.7. The van der Waals surface area contributed by atoms with Crippen LogP contribution in [-0.2, 0) is 58.9 Å². The minimum atomic E-state index is -4.80. The quantitative estimate of drug-likeness (QED) is 0.0814. The van der Waals surface area contributed by atoms with Crippen LogP contribution in [0.1, 0.15) is 108 Å². The average molecular weight is 2010 g/mol. The molecule has 0 fully saturated rings. The normalized spacial score (nSPS) is 15.2. The first-order valence-electron chi connectivity index (χ1n) is 50.0. The van der Waals surface area contributed by atoms with E-state index in [9.17, 15) is 26.3 Å². The van der Waals surface area contributed by atoms with E-state index in [1.807, 2.05) is 191 Å². The van der Waals surface area contributed by atoms with E-state index in [4.69, 9.17) is 40.4 Å². The van der Waals surface area contributed by atoms with E-state index in [0.717, 1.165) is 112 Å². The first kappa shape index (κ1) is 61.5. The third-order valence-electron chi connectivity index (χ3n) is 20.9. The van der Waals surface area contributed by atoms with Gasteiger partial charge in [-0.1, -0.05) is 274 Å². The molecule has 124 heavy (non-hydrogen) atoms. The van der Waals surface area contributed by atoms with Gasteiger partial charge in [0.2, 0.25) is 0 Å². The summed E-state index contributed by atoms with van der Waals surface area (Å²) in [6.45, 7) is -12.6. The van der Waals surface area contributed by atoms with Crippen molar-refractivity contribution < 1.29 is 107 Å². The third kappa shape index (κ3) is 17.8. The summed E-state index contributed by atoms with van der Waals surface area (Å²) in [4.78, 5) is 17.5. The van der Waals surface area contributed by atoms with E-state index >= 15 is 0 Å². The van der Waals surface area contributed by atoms with Gasteiger partial charge in [0.25, 0.3) is 0 Å². The van der Waals surface area contributed by atoms with E-state index in [1.165, 1.54) is 36.5 Å². The van der Waals surface area contributed by atoms with Crippen molar-refractivity contribution in [3.05, 3.63) is 384 Å². The monoisotopic (exact) mass is 2010 g/mol. The molecular formula is C110H82F6Ir2N4O2-4. The molecule has 14 heteroatoms. The Kier molecular flexibility index (Phi) is 17.6. The van der Waals surface area contributed by atoms with Gasteiger partial charge in [-0.2, -0.15) is 26.3 Å². The Morgan fingerprint density at radius 3 is 1.15 bits per heavy atom. The van der Waals surface area contributed by atoms with Crippen molar-refractivity contribution in [3.8, 4) is 89.5 Å². The fourth-order valence-corrected chi connectivity index (χ4v) is 15.1. The fraction of sp³-hybridized carbons (Fsp3) is 0.127. The van der Waals surface area contributed by atoms with Crippen LogP contribution in [0.4, 0.5) is 26.3 Å². The minimum Gasteiger partial charge on any atom is -0.500 e. The molecule has 0 aliphatic heterocycles. The SMILES string of the molecule is [2H]C([2H])([2H])c1c[c-]c(-c2ccc(C([2H])([2H])C(C)(C)C)cn2)cc1-c1ccccc1.[2H]C([2H])([2H])c1ccc(-c2[c-]cc(C([2H])([2H])[2H])c(-c3ccccc3)c2)nc1.[2H]C([2H])([2H])c1cnc(-c2[c-]ccc3c2oc2c3ccc3ccc4ccccc4c32)cc1-c1ccc(C(F)(F)F)cc1C([2H])([2H])[2H].[2H]C([2H])([2H])c1cnc(-c2[c-]ccc3c2oc2c3ccc3ccc4ccccc4c32)cc1-c1ccc(C(F)(F)F)cc1C([2H])([2H])[2H].[Ir].[Ir]. The van der Waals surface area contributed by atoms with Crippen molar-refractivity contribution in [2.75, 3.05) is 0 Å². The van der Waals surface area contributed by atoms with Gasteiger partial charge in [-0.15, -0.1) is 95.1 Å². The van der Waals surface area contributed by atoms with Crippen molar-refractivity contribution in [2.45, 2.75) is 87.5 Å². The molecule has 14 aromatic carbocycles. The van der Waals surface area contributed by atoms with Gasteiger partial charge in [-0.3, -0.25) is 0 Å². The van der Waals surface area contributed by atoms with Crippen molar-refractivity contribution >= 4 is 87.0 Å². The maximum absolute atomic E-state index is 13.6. The summed E-state index contributed by atoms with van der Waals surface area (Å²) in [5, 5.41) is 11.1. The second-order valence-electron chi connectivity index (χ2n) is 30.1. The first-order valence-corrected chi connectivity index (χ1v) is 38.5. The number of nitrogens with zero attached hydrogens (tertiary/aromatic N) is 4. The summed E-state index contributed by atoms with van der Waals surface area (Å²) < 4.78 is 277. The molecule has 20 rings (SSSR count). The van der Waals surface area contributed by atoms with Crippen LogP contribution in [-0.4, -0.2) is 19.9 Å². The number of aromatic nitrogens is 4. The number of halogens is 6. The van der Waals surface area contributed by atoms with Crippen LogP contribution in [0, 0.1) is 77.6 Å². The summed E-state index contributed by atoms with van der Waals surface area (Å²) in [5.74, 6) is 0. The molecule has 0 N–H and O–H groups in total. The molecule has 6 aromatic heterocycles. The number of benzene rings is 14. The maximum atomic E-state index is 13.6. The van der Waals surface area contributed by atoms with Crippen molar-refractivity contribution in [3.63, 3.8) is 0 Å². The first-order chi connectivity index (χ1) is 68.0. The van der Waals surface area contributed by atoms with Crippen LogP contribution in [0.3, 0.4) is 0 Å². The van der Waals surface area contributed by atoms with Crippen molar-refractivity contribution in [1.29, 1.82) is 0 Å². The van der Waals surface area contributed by atoms with Gasteiger partial charge in [-0.05, 0) is 192 Å². The van der Waals surface area contributed by atoms with E-state index < -0.39 is 94.4 Å². The molecule has 0 spiro atoms. The molecule has 6 heterocycles. The molecular weight excluding hydrogens is 1910 g/mol. The van der Waals surface area contributed by atoms with Gasteiger partial charge in [-0.25, -0.2) is 0 Å². The van der Waals surface area contributed by atoms with Crippen LogP contribution in [0.15, 0.2) is 313 Å². The molecule has 0 bridgehead atoms. The standard InChI is InChI=1S/2C34H21F3NO.C23H24N.C19H16N.2Ir/c2*1-19-16-23(34(35,36)37)13-15-24(19)29-17-30(38-18-20(29)2)28-9-5-8-26-27-14-12-22-11-10-21-6-3-4-7-25(21)31(22)33(27)39-32(26)28;1-17-10-12-20(14-21(17)19-8-6-5-7-9-19)22-13-11-18(16-24-22)15-23(2,3)4;1-14-8-11-19(20-13-14)17-10-9-15(2)18(12-17)16-6-4-3-5-7-16;;/h2*3-8,10-18H,1-2H3;5-11,13-14,16H,15H2,1-4H3;3-9,11-13H,1-2H3;;/q4*-1;;/i2*1D3,2D3;1D3,15D2;1D3,2D3;;. The summed E-state index contributed by atoms with van der Waals surface area (Å²) in [5.41, 5.74) is 4.53.